The summed E-state index contributed by atoms with van der Waals surface area (Å²) in [5.41, 5.74) is 0.437. The third-order valence-corrected chi connectivity index (χ3v) is 6.49. The molecule has 0 aliphatic heterocycles. The summed E-state index contributed by atoms with van der Waals surface area (Å²) >= 11 is 0. The molecule has 1 N–H and O–H groups in total. The van der Waals surface area contributed by atoms with Gasteiger partial charge in [0.15, 0.2) is 0 Å². The Morgan fingerprint density at radius 1 is 1.21 bits per heavy atom. The highest BCUT2D eigenvalue weighted by molar-refractivity contribution is 7.89. The zero-order chi connectivity index (χ0) is 17.0. The normalized spacial score (nSPS) is 25.8. The molecule has 2 aliphatic rings. The zero-order valence-electron chi connectivity index (χ0n) is 13.8. The zero-order valence-corrected chi connectivity index (χ0v) is 14.6. The second kappa shape index (κ2) is 7.22. The molecule has 0 spiro atoms. The van der Waals surface area contributed by atoms with Crippen molar-refractivity contribution in [1.29, 1.82) is 5.26 Å². The van der Waals surface area contributed by atoms with Crippen LogP contribution in [0.15, 0.2) is 30.3 Å². The minimum atomic E-state index is -3.46. The topological polar surface area (TPSA) is 79.2 Å². The molecule has 6 heteroatoms. The quantitative estimate of drug-likeness (QED) is 0.822. The molecule has 0 saturated heterocycles. The van der Waals surface area contributed by atoms with E-state index in [0.29, 0.717) is 19.4 Å². The smallest absolute Gasteiger partial charge is 0.213 e. The Hall–Kier alpha value is -1.42. The second-order valence-electron chi connectivity index (χ2n) is 7.00. The van der Waals surface area contributed by atoms with Gasteiger partial charge in [0.1, 0.15) is 0 Å². The van der Waals surface area contributed by atoms with Gasteiger partial charge in [-0.15, -0.1) is 0 Å². The van der Waals surface area contributed by atoms with Gasteiger partial charge in [-0.1, -0.05) is 43.2 Å². The molecular weight excluding hydrogens is 324 g/mol. The standard InChI is InChI=1S/C18H24N2O3S/c19-13-18(10-11-18)14-24(21,22)20-16-8-4-5-9-17(16)23-12-15-6-2-1-3-7-15/h1-3,6-7,16-17,20H,4-5,8-12,14H2. The van der Waals surface area contributed by atoms with Crippen molar-refractivity contribution in [2.24, 2.45) is 5.41 Å². The molecule has 0 bridgehead atoms. The van der Waals surface area contributed by atoms with Crippen LogP contribution in [0.4, 0.5) is 0 Å². The van der Waals surface area contributed by atoms with Crippen molar-refractivity contribution in [2.45, 2.75) is 57.3 Å². The number of nitriles is 1. The minimum absolute atomic E-state index is 0.0849. The maximum absolute atomic E-state index is 12.4. The number of ether oxygens (including phenoxy) is 1. The van der Waals surface area contributed by atoms with E-state index >= 15 is 0 Å². The Bertz CT molecular complexity index is 693. The van der Waals surface area contributed by atoms with Crippen LogP contribution < -0.4 is 4.72 Å². The van der Waals surface area contributed by atoms with Crippen LogP contribution in [0.3, 0.4) is 0 Å². The molecule has 1 aromatic rings. The molecule has 130 valence electrons. The van der Waals surface area contributed by atoms with Gasteiger partial charge in [0.2, 0.25) is 10.0 Å². The lowest BCUT2D eigenvalue weighted by molar-refractivity contribution is 0.0000145. The molecule has 24 heavy (non-hydrogen) atoms. The van der Waals surface area contributed by atoms with Crippen LogP contribution in [0.2, 0.25) is 0 Å². The molecule has 2 aliphatic carbocycles. The molecule has 0 heterocycles. The summed E-state index contributed by atoms with van der Waals surface area (Å²) in [5, 5.41) is 9.12. The monoisotopic (exact) mass is 348 g/mol. The van der Waals surface area contributed by atoms with E-state index in [0.717, 1.165) is 31.2 Å². The summed E-state index contributed by atoms with van der Waals surface area (Å²) in [6, 6.07) is 11.9. The summed E-state index contributed by atoms with van der Waals surface area (Å²) in [5.74, 6) is -0.0849. The Kier molecular flexibility index (Phi) is 5.24. The van der Waals surface area contributed by atoms with Gasteiger partial charge in [0, 0.05) is 6.04 Å². The predicted octanol–water partition coefficient (Wildman–Crippen LogP) is 2.74. The summed E-state index contributed by atoms with van der Waals surface area (Å²) in [4.78, 5) is 0. The van der Waals surface area contributed by atoms with Gasteiger partial charge in [-0.3, -0.25) is 0 Å². The number of nitrogens with one attached hydrogen (secondary N) is 1. The number of nitrogens with zero attached hydrogens (tertiary/aromatic N) is 1. The van der Waals surface area contributed by atoms with E-state index in [9.17, 15) is 8.42 Å². The van der Waals surface area contributed by atoms with E-state index in [4.69, 9.17) is 10.00 Å². The lowest BCUT2D eigenvalue weighted by Gasteiger charge is -2.32. The van der Waals surface area contributed by atoms with Crippen molar-refractivity contribution in [3.05, 3.63) is 35.9 Å². The maximum Gasteiger partial charge on any atom is 0.213 e. The van der Waals surface area contributed by atoms with Gasteiger partial charge >= 0.3 is 0 Å². The van der Waals surface area contributed by atoms with Gasteiger partial charge in [0.25, 0.3) is 0 Å². The molecule has 5 nitrogen and oxygen atoms in total. The average molecular weight is 348 g/mol. The minimum Gasteiger partial charge on any atom is -0.372 e. The Labute approximate surface area is 144 Å². The van der Waals surface area contributed by atoms with Crippen LogP contribution in [0.1, 0.15) is 44.1 Å². The van der Waals surface area contributed by atoms with Crippen molar-refractivity contribution >= 4 is 10.0 Å². The highest BCUT2D eigenvalue weighted by Crippen LogP contribution is 2.45. The van der Waals surface area contributed by atoms with E-state index in [1.165, 1.54) is 0 Å². The maximum atomic E-state index is 12.4. The molecule has 1 aromatic carbocycles. The molecule has 2 saturated carbocycles. The lowest BCUT2D eigenvalue weighted by Crippen LogP contribution is -2.47. The van der Waals surface area contributed by atoms with Crippen LogP contribution in [-0.2, 0) is 21.4 Å². The molecule has 0 aromatic heterocycles. The van der Waals surface area contributed by atoms with Crippen LogP contribution in [0.25, 0.3) is 0 Å². The van der Waals surface area contributed by atoms with Gasteiger partial charge in [-0.2, -0.15) is 5.26 Å². The first kappa shape index (κ1) is 17.4. The molecule has 3 rings (SSSR count). The van der Waals surface area contributed by atoms with Crippen molar-refractivity contribution < 1.29 is 13.2 Å². The fourth-order valence-corrected chi connectivity index (χ4v) is 5.18. The molecule has 2 fully saturated rings. The highest BCUT2D eigenvalue weighted by Gasteiger charge is 2.47. The number of hydrogen-bond donors (Lipinski definition) is 1. The Morgan fingerprint density at radius 3 is 2.58 bits per heavy atom. The molecule has 2 unspecified atom stereocenters. The van der Waals surface area contributed by atoms with Crippen molar-refractivity contribution in [3.63, 3.8) is 0 Å². The largest absolute Gasteiger partial charge is 0.372 e. The van der Waals surface area contributed by atoms with E-state index in [-0.39, 0.29) is 17.9 Å². The van der Waals surface area contributed by atoms with Crippen LogP contribution >= 0.6 is 0 Å². The summed E-state index contributed by atoms with van der Waals surface area (Å²) in [6.45, 7) is 0.492. The lowest BCUT2D eigenvalue weighted by atomic mass is 9.93. The Balaban J connectivity index is 1.59. The fourth-order valence-electron chi connectivity index (χ4n) is 3.28. The number of sulfonamides is 1. The number of hydrogen-bond acceptors (Lipinski definition) is 4. The predicted molar refractivity (Wildman–Crippen MR) is 91.5 cm³/mol. The fraction of sp³-hybridized carbons (Fsp3) is 0.611. The van der Waals surface area contributed by atoms with E-state index in [1.807, 2.05) is 30.3 Å². The number of rotatable bonds is 7. The highest BCUT2D eigenvalue weighted by atomic mass is 32.2. The molecule has 0 amide bonds. The molecule has 0 radical (unpaired) electrons. The van der Waals surface area contributed by atoms with Gasteiger partial charge in [-0.05, 0) is 31.2 Å². The van der Waals surface area contributed by atoms with Gasteiger partial charge in [-0.25, -0.2) is 13.1 Å². The number of benzene rings is 1. The van der Waals surface area contributed by atoms with E-state index in [2.05, 4.69) is 10.8 Å². The van der Waals surface area contributed by atoms with Crippen molar-refractivity contribution in [2.75, 3.05) is 5.75 Å². The third kappa shape index (κ3) is 4.56. The van der Waals surface area contributed by atoms with Crippen molar-refractivity contribution in [3.8, 4) is 6.07 Å². The summed E-state index contributed by atoms with van der Waals surface area (Å²) in [6.07, 6.45) is 4.97. The van der Waals surface area contributed by atoms with E-state index in [1.54, 1.807) is 0 Å². The first-order valence-corrected chi connectivity index (χ1v) is 10.2. The van der Waals surface area contributed by atoms with Crippen molar-refractivity contribution in [1.82, 2.24) is 4.72 Å². The molecular formula is C18H24N2O3S. The summed E-state index contributed by atoms with van der Waals surface area (Å²) < 4.78 is 33.6. The first-order chi connectivity index (χ1) is 11.5. The first-order valence-electron chi connectivity index (χ1n) is 8.59. The SMILES string of the molecule is N#CC1(CS(=O)(=O)NC2CCCCC2OCc2ccccc2)CC1. The van der Waals surface area contributed by atoms with Gasteiger partial charge < -0.3 is 4.74 Å². The van der Waals surface area contributed by atoms with Crippen LogP contribution in [0.5, 0.6) is 0 Å². The average Bonchev–Trinajstić information content (AvgIpc) is 3.34. The van der Waals surface area contributed by atoms with Gasteiger partial charge in [0.05, 0.1) is 29.9 Å². The Morgan fingerprint density at radius 2 is 1.92 bits per heavy atom. The van der Waals surface area contributed by atoms with Crippen LogP contribution in [0, 0.1) is 16.7 Å². The molecule has 2 atom stereocenters. The second-order valence-corrected chi connectivity index (χ2v) is 8.75. The van der Waals surface area contributed by atoms with E-state index < -0.39 is 15.4 Å². The summed E-state index contributed by atoms with van der Waals surface area (Å²) in [7, 11) is -3.46. The third-order valence-electron chi connectivity index (χ3n) is 4.90. The van der Waals surface area contributed by atoms with Crippen LogP contribution in [-0.4, -0.2) is 26.3 Å².